The molecule has 0 amide bonds. The van der Waals surface area contributed by atoms with Crippen molar-refractivity contribution in [3.63, 3.8) is 0 Å². The quantitative estimate of drug-likeness (QED) is 0.195. The summed E-state index contributed by atoms with van der Waals surface area (Å²) < 4.78 is 0. The van der Waals surface area contributed by atoms with E-state index < -0.39 is 0 Å². The molecule has 0 bridgehead atoms. The van der Waals surface area contributed by atoms with Gasteiger partial charge >= 0.3 is 17.1 Å². The summed E-state index contributed by atoms with van der Waals surface area (Å²) in [5, 5.41) is 0. The molecule has 0 saturated carbocycles. The first-order valence-corrected chi connectivity index (χ1v) is 11.0. The first kappa shape index (κ1) is 33.6. The van der Waals surface area contributed by atoms with E-state index in [0.29, 0.717) is 5.41 Å². The van der Waals surface area contributed by atoms with E-state index in [0.717, 1.165) is 11.1 Å². The van der Waals surface area contributed by atoms with Gasteiger partial charge in [0.25, 0.3) is 0 Å². The van der Waals surface area contributed by atoms with Crippen molar-refractivity contribution in [2.24, 2.45) is 16.7 Å². The molecule has 0 aliphatic heterocycles. The van der Waals surface area contributed by atoms with Gasteiger partial charge in [-0.3, -0.25) is 0 Å². The molecule has 2 nitrogen and oxygen atoms in total. The fraction of sp³-hybridized carbons (Fsp3) is 0.414. The molecule has 0 saturated heterocycles. The number of hydrogen-bond donors (Lipinski definition) is 0. The molecule has 3 rings (SSSR count). The minimum atomic E-state index is -0.256. The van der Waals surface area contributed by atoms with Gasteiger partial charge in [-0.05, 0) is 5.41 Å². The molecule has 0 aliphatic carbocycles. The molecule has 4 heteroatoms. The molecule has 3 aromatic rings. The summed E-state index contributed by atoms with van der Waals surface area (Å²) in [6.45, 7) is 16.4. The summed E-state index contributed by atoms with van der Waals surface area (Å²) in [5.74, 6) is 0.551. The van der Waals surface area contributed by atoms with Crippen molar-refractivity contribution in [3.8, 4) is 0 Å². The number of carbonyl (C=O) groups excluding carboxylic acids is 2. The molecule has 0 unspecified atom stereocenters. The summed E-state index contributed by atoms with van der Waals surface area (Å²) in [4.78, 5) is 22.7. The number of hydrogen-bond acceptors (Lipinski definition) is 2. The Bertz CT molecular complexity index is 871. The normalized spacial score (nSPS) is 10.6. The van der Waals surface area contributed by atoms with Crippen LogP contribution in [-0.2, 0) is 40.6 Å². The predicted octanol–water partition coefficient (Wildman–Crippen LogP) is 7.87. The molecule has 184 valence electrons. The summed E-state index contributed by atoms with van der Waals surface area (Å²) in [7, 11) is 0. The molecule has 0 radical (unpaired) electrons. The summed E-state index contributed by atoms with van der Waals surface area (Å²) in [6.07, 6.45) is 1.18. The van der Waals surface area contributed by atoms with Crippen molar-refractivity contribution in [2.75, 3.05) is 0 Å². The van der Waals surface area contributed by atoms with Crippen molar-refractivity contribution < 1.29 is 43.7 Å². The Kier molecular flexibility index (Phi) is 15.6. The molecule has 33 heavy (non-hydrogen) atoms. The maximum absolute atomic E-state index is 11.5. The van der Waals surface area contributed by atoms with Gasteiger partial charge < -0.3 is 9.59 Å². The smallest absolute Gasteiger partial charge is 0.308 e. The van der Waals surface area contributed by atoms with Crippen LogP contribution in [-0.4, -0.2) is 11.6 Å². The predicted molar refractivity (Wildman–Crippen MR) is 132 cm³/mol. The van der Waals surface area contributed by atoms with Crippen LogP contribution in [0, 0.1) is 16.7 Å². The number of carbonyl (C=O) groups is 2. The zero-order valence-corrected chi connectivity index (χ0v) is 23.4. The monoisotopic (exact) mass is 531 g/mol. The maximum atomic E-state index is 11.5. The zero-order valence-electron chi connectivity index (χ0n) is 21.2. The summed E-state index contributed by atoms with van der Waals surface area (Å²) >= 11 is 0. The Morgan fingerprint density at radius 3 is 1.39 bits per heavy atom. The maximum Gasteiger partial charge on any atom is 2.00 e. The van der Waals surface area contributed by atoms with Crippen LogP contribution in [0.2, 0.25) is 0 Å². The Hall–Kier alpha value is -1.57. The van der Waals surface area contributed by atoms with E-state index in [1.165, 1.54) is 12.0 Å². The van der Waals surface area contributed by atoms with Crippen molar-refractivity contribution in [1.29, 1.82) is 0 Å². The van der Waals surface area contributed by atoms with Crippen molar-refractivity contribution in [1.82, 2.24) is 0 Å². The van der Waals surface area contributed by atoms with Crippen LogP contribution in [0.3, 0.4) is 0 Å². The van der Waals surface area contributed by atoms with Gasteiger partial charge in [0.2, 0.25) is 0 Å². The van der Waals surface area contributed by atoms with Gasteiger partial charge in [0, 0.05) is 28.4 Å². The van der Waals surface area contributed by atoms with E-state index in [1.807, 2.05) is 83.1 Å². The molecule has 0 aliphatic rings. The van der Waals surface area contributed by atoms with Crippen LogP contribution in [0.1, 0.15) is 81.7 Å². The number of ketones is 2. The topological polar surface area (TPSA) is 34.1 Å². The molecule has 3 aromatic carbocycles. The first-order chi connectivity index (χ1) is 14.3. The van der Waals surface area contributed by atoms with Crippen molar-refractivity contribution >= 4 is 11.6 Å². The Labute approximate surface area is 222 Å². The van der Waals surface area contributed by atoms with Crippen LogP contribution >= 0.6 is 0 Å². The average Bonchev–Trinajstić information content (AvgIpc) is 3.41. The fourth-order valence-electron chi connectivity index (χ4n) is 2.97. The van der Waals surface area contributed by atoms with E-state index in [2.05, 4.69) is 45.0 Å². The Morgan fingerprint density at radius 2 is 1.06 bits per heavy atom. The largest absolute Gasteiger partial charge is 2.00 e. The van der Waals surface area contributed by atoms with E-state index in [1.54, 1.807) is 0 Å². The molecule has 0 atom stereocenters. The van der Waals surface area contributed by atoms with E-state index in [4.69, 9.17) is 0 Å². The second-order valence-corrected chi connectivity index (χ2v) is 10.5. The number of Topliss-reactive ketones (excluding diaryl/α,β-unsaturated/α-hetero) is 2. The Morgan fingerprint density at radius 1 is 0.697 bits per heavy atom. The zero-order chi connectivity index (χ0) is 23.7. The third-order valence-corrected chi connectivity index (χ3v) is 4.54. The molecule has 0 spiro atoms. The van der Waals surface area contributed by atoms with Gasteiger partial charge in [-0.25, -0.2) is 36.4 Å². The molecular formula is C29H39Fe2O2-. The van der Waals surface area contributed by atoms with E-state index in [-0.39, 0.29) is 57.0 Å². The minimum absolute atomic E-state index is 0. The molecule has 0 aromatic heterocycles. The summed E-state index contributed by atoms with van der Waals surface area (Å²) in [6, 6.07) is 23.5. The van der Waals surface area contributed by atoms with Crippen LogP contribution in [0.5, 0.6) is 0 Å². The second kappa shape index (κ2) is 15.4. The third-order valence-electron chi connectivity index (χ3n) is 4.54. The van der Waals surface area contributed by atoms with Crippen molar-refractivity contribution in [3.05, 3.63) is 89.5 Å². The van der Waals surface area contributed by atoms with Crippen LogP contribution in [0.25, 0.3) is 0 Å². The van der Waals surface area contributed by atoms with Crippen LogP contribution in [0.4, 0.5) is 0 Å². The SMILES string of the molecule is CC(C)(C)C(=O)[c-]1cccc1.CC(C)(C)C[c-]1cccc1.CC(C)C(=O)[c-]1cccc1.[Fe+2].[Fe]. The van der Waals surface area contributed by atoms with Crippen molar-refractivity contribution in [2.45, 2.75) is 61.8 Å². The van der Waals surface area contributed by atoms with Gasteiger partial charge in [-0.1, -0.05) is 72.9 Å². The average molecular weight is 531 g/mol. The Balaban J connectivity index is 0. The van der Waals surface area contributed by atoms with Gasteiger partial charge in [-0.2, -0.15) is 42.0 Å². The first-order valence-electron chi connectivity index (χ1n) is 11.0. The fourth-order valence-corrected chi connectivity index (χ4v) is 2.97. The van der Waals surface area contributed by atoms with Gasteiger partial charge in [0.1, 0.15) is 11.6 Å². The van der Waals surface area contributed by atoms with Gasteiger partial charge in [0.15, 0.2) is 0 Å². The van der Waals surface area contributed by atoms with Gasteiger partial charge in [0.05, 0.1) is 0 Å². The summed E-state index contributed by atoms with van der Waals surface area (Å²) in [5.41, 5.74) is 3.27. The standard InChI is InChI=1S/C10H13O.C10H15.C9H11O.2Fe/c1-10(2,3)9(11)8-6-4-5-7-8;1-10(2,3)8-9-6-4-5-7-9;1-7(2)9(10)8-5-3-4-6-8;;/h4-7H,1-3H3;4-7H,8H2,1-3H3;3-7H,1-2H3;;/q3*-1;;+2. The van der Waals surface area contributed by atoms with Crippen LogP contribution in [0.15, 0.2) is 72.8 Å². The minimum Gasteiger partial charge on any atom is -0.308 e. The molecule has 0 heterocycles. The molecule has 0 N–H and O–H groups in total. The molecule has 0 fully saturated rings. The molecular weight excluding hydrogens is 492 g/mol. The number of rotatable bonds is 4. The van der Waals surface area contributed by atoms with Gasteiger partial charge in [-0.15, -0.1) is 0 Å². The second-order valence-electron chi connectivity index (χ2n) is 10.5. The van der Waals surface area contributed by atoms with E-state index >= 15 is 0 Å². The third kappa shape index (κ3) is 13.7. The van der Waals surface area contributed by atoms with Crippen LogP contribution < -0.4 is 0 Å². The van der Waals surface area contributed by atoms with E-state index in [9.17, 15) is 9.59 Å².